The number of halogens is 2. The lowest BCUT2D eigenvalue weighted by molar-refractivity contribution is -0.115. The Hall–Kier alpha value is -0.550. The maximum Gasteiger partial charge on any atom is 0.237 e. The molecule has 2 nitrogen and oxygen atoms in total. The largest absolute Gasteiger partial charge is 0.324 e. The maximum absolute atomic E-state index is 13.1. The van der Waals surface area contributed by atoms with E-state index in [9.17, 15) is 9.18 Å². The van der Waals surface area contributed by atoms with Gasteiger partial charge in [0.25, 0.3) is 0 Å². The van der Waals surface area contributed by atoms with Gasteiger partial charge in [-0.3, -0.25) is 4.79 Å². The van der Waals surface area contributed by atoms with Crippen molar-refractivity contribution in [3.63, 3.8) is 0 Å². The van der Waals surface area contributed by atoms with E-state index in [1.165, 1.54) is 17.8 Å². The van der Waals surface area contributed by atoms with E-state index in [2.05, 4.69) is 21.2 Å². The molecule has 0 fully saturated rings. The van der Waals surface area contributed by atoms with Gasteiger partial charge in [0.05, 0.1) is 15.4 Å². The van der Waals surface area contributed by atoms with Gasteiger partial charge in [-0.15, -0.1) is 11.8 Å². The zero-order valence-electron chi connectivity index (χ0n) is 7.30. The Balaban J connectivity index is 2.47. The highest BCUT2D eigenvalue weighted by molar-refractivity contribution is 9.10. The molecule has 0 spiro atoms. The molecule has 0 aromatic heterocycles. The number of fused-ring (bicyclic) bond motifs is 1. The summed E-state index contributed by atoms with van der Waals surface area (Å²) >= 11 is 4.54. The summed E-state index contributed by atoms with van der Waals surface area (Å²) in [6, 6.07) is 3.02. The number of nitrogens with one attached hydrogen (secondary N) is 1. The molecule has 1 aromatic rings. The molecule has 1 heterocycles. The van der Waals surface area contributed by atoms with E-state index in [0.717, 1.165) is 4.90 Å². The number of anilines is 1. The highest BCUT2D eigenvalue weighted by atomic mass is 79.9. The van der Waals surface area contributed by atoms with Crippen LogP contribution >= 0.6 is 27.7 Å². The van der Waals surface area contributed by atoms with Crippen molar-refractivity contribution in [2.24, 2.45) is 0 Å². The van der Waals surface area contributed by atoms with E-state index in [1.54, 1.807) is 6.07 Å². The highest BCUT2D eigenvalue weighted by Crippen LogP contribution is 2.38. The minimum Gasteiger partial charge on any atom is -0.324 e. The van der Waals surface area contributed by atoms with Gasteiger partial charge in [0, 0.05) is 4.90 Å². The Kier molecular flexibility index (Phi) is 2.53. The first kappa shape index (κ1) is 9.98. The number of carbonyl (C=O) groups is 1. The highest BCUT2D eigenvalue weighted by Gasteiger charge is 2.23. The van der Waals surface area contributed by atoms with Gasteiger partial charge >= 0.3 is 0 Å². The van der Waals surface area contributed by atoms with E-state index >= 15 is 0 Å². The second-order valence-electron chi connectivity index (χ2n) is 3.01. The third-order valence-corrected chi connectivity index (χ3v) is 3.72. The summed E-state index contributed by atoms with van der Waals surface area (Å²) in [5, 5.41) is 2.53. The van der Waals surface area contributed by atoms with Crippen LogP contribution in [0.3, 0.4) is 0 Å². The first-order valence-corrected chi connectivity index (χ1v) is 5.72. The monoisotopic (exact) mass is 275 g/mol. The van der Waals surface area contributed by atoms with Crippen LogP contribution in [0.5, 0.6) is 0 Å². The number of benzene rings is 1. The number of thioether (sulfide) groups is 1. The fraction of sp³-hybridized carbons (Fsp3) is 0.222. The first-order valence-electron chi connectivity index (χ1n) is 4.04. The molecule has 1 aliphatic heterocycles. The van der Waals surface area contributed by atoms with Gasteiger partial charge in [0.1, 0.15) is 5.82 Å². The molecule has 0 saturated heterocycles. The van der Waals surface area contributed by atoms with Crippen LogP contribution in [0.25, 0.3) is 0 Å². The lowest BCUT2D eigenvalue weighted by Crippen LogP contribution is -2.26. The zero-order chi connectivity index (χ0) is 10.3. The molecule has 0 aliphatic carbocycles. The van der Waals surface area contributed by atoms with Gasteiger partial charge < -0.3 is 5.32 Å². The fourth-order valence-electron chi connectivity index (χ4n) is 1.20. The minimum atomic E-state index is -0.362. The summed E-state index contributed by atoms with van der Waals surface area (Å²) in [6.45, 7) is 1.82. The first-order chi connectivity index (χ1) is 6.58. The molecular formula is C9H7BrFNOS. The van der Waals surface area contributed by atoms with Crippen molar-refractivity contribution in [1.29, 1.82) is 0 Å². The molecule has 0 saturated carbocycles. The van der Waals surface area contributed by atoms with Crippen LogP contribution in [0.1, 0.15) is 6.92 Å². The third-order valence-electron chi connectivity index (χ3n) is 1.95. The number of amides is 1. The topological polar surface area (TPSA) is 29.1 Å². The van der Waals surface area contributed by atoms with E-state index in [-0.39, 0.29) is 17.0 Å². The molecule has 2 rings (SSSR count). The molecule has 14 heavy (non-hydrogen) atoms. The van der Waals surface area contributed by atoms with Crippen LogP contribution in [0, 0.1) is 5.82 Å². The molecule has 5 heteroatoms. The van der Waals surface area contributed by atoms with Crippen LogP contribution in [0.15, 0.2) is 21.5 Å². The SMILES string of the molecule is CC1Sc2cc(Br)c(F)cc2NC1=O. The van der Waals surface area contributed by atoms with E-state index in [1.807, 2.05) is 6.92 Å². The van der Waals surface area contributed by atoms with Crippen LogP contribution in [-0.2, 0) is 4.79 Å². The Bertz CT molecular complexity index is 410. The zero-order valence-corrected chi connectivity index (χ0v) is 9.71. The van der Waals surface area contributed by atoms with Gasteiger partial charge in [-0.25, -0.2) is 4.39 Å². The molecule has 1 N–H and O–H groups in total. The predicted octanol–water partition coefficient (Wildman–Crippen LogP) is 3.02. The normalized spacial score (nSPS) is 20.2. The van der Waals surface area contributed by atoms with Crippen molar-refractivity contribution in [1.82, 2.24) is 0 Å². The minimum absolute atomic E-state index is 0.0794. The smallest absolute Gasteiger partial charge is 0.237 e. The summed E-state index contributed by atoms with van der Waals surface area (Å²) in [4.78, 5) is 12.2. The summed E-state index contributed by atoms with van der Waals surface area (Å²) in [5.74, 6) is -0.441. The molecule has 0 radical (unpaired) electrons. The fourth-order valence-corrected chi connectivity index (χ4v) is 2.67. The Morgan fingerprint density at radius 3 is 3.00 bits per heavy atom. The van der Waals surface area contributed by atoms with Gasteiger partial charge in [0.15, 0.2) is 0 Å². The van der Waals surface area contributed by atoms with Crippen LogP contribution < -0.4 is 5.32 Å². The predicted molar refractivity (Wildman–Crippen MR) is 58.0 cm³/mol. The molecular weight excluding hydrogens is 269 g/mol. The second-order valence-corrected chi connectivity index (χ2v) is 5.25. The molecule has 1 unspecified atom stereocenters. The number of hydrogen-bond acceptors (Lipinski definition) is 2. The Labute approximate surface area is 93.4 Å². The summed E-state index contributed by atoms with van der Waals surface area (Å²) in [5.41, 5.74) is 0.554. The number of carbonyl (C=O) groups excluding carboxylic acids is 1. The quantitative estimate of drug-likeness (QED) is 0.789. The van der Waals surface area contributed by atoms with E-state index in [0.29, 0.717) is 10.2 Å². The maximum atomic E-state index is 13.1. The van der Waals surface area contributed by atoms with Crippen molar-refractivity contribution >= 4 is 39.3 Å². The average Bonchev–Trinajstić information content (AvgIpc) is 2.11. The molecule has 1 amide bonds. The number of rotatable bonds is 0. The van der Waals surface area contributed by atoms with Crippen molar-refractivity contribution < 1.29 is 9.18 Å². The summed E-state index contributed by atoms with van der Waals surface area (Å²) in [7, 11) is 0. The van der Waals surface area contributed by atoms with Crippen LogP contribution in [0.2, 0.25) is 0 Å². The standard InChI is InChI=1S/C9H7BrFNOS/c1-4-9(13)12-7-3-6(11)5(10)2-8(7)14-4/h2-4H,1H3,(H,12,13). The van der Waals surface area contributed by atoms with Gasteiger partial charge in [-0.1, -0.05) is 0 Å². The molecule has 1 atom stereocenters. The average molecular weight is 276 g/mol. The Morgan fingerprint density at radius 2 is 2.29 bits per heavy atom. The molecule has 74 valence electrons. The van der Waals surface area contributed by atoms with Crippen molar-refractivity contribution in [3.8, 4) is 0 Å². The van der Waals surface area contributed by atoms with Gasteiger partial charge in [-0.05, 0) is 35.0 Å². The van der Waals surface area contributed by atoms with Crippen molar-refractivity contribution in [2.45, 2.75) is 17.1 Å². The molecule has 1 aliphatic rings. The summed E-state index contributed by atoms with van der Waals surface area (Å²) < 4.78 is 13.5. The van der Waals surface area contributed by atoms with Crippen molar-refractivity contribution in [2.75, 3.05) is 5.32 Å². The lowest BCUT2D eigenvalue weighted by Gasteiger charge is -2.21. The lowest BCUT2D eigenvalue weighted by atomic mass is 10.3. The molecule has 0 bridgehead atoms. The molecule has 1 aromatic carbocycles. The Morgan fingerprint density at radius 1 is 1.57 bits per heavy atom. The second kappa shape index (κ2) is 3.55. The van der Waals surface area contributed by atoms with Crippen molar-refractivity contribution in [3.05, 3.63) is 22.4 Å². The van der Waals surface area contributed by atoms with Crippen LogP contribution in [0.4, 0.5) is 10.1 Å². The van der Waals surface area contributed by atoms with Crippen LogP contribution in [-0.4, -0.2) is 11.2 Å². The third kappa shape index (κ3) is 1.66. The van der Waals surface area contributed by atoms with Gasteiger partial charge in [0.2, 0.25) is 5.91 Å². The summed E-state index contributed by atoms with van der Waals surface area (Å²) in [6.07, 6.45) is 0. The van der Waals surface area contributed by atoms with Gasteiger partial charge in [-0.2, -0.15) is 0 Å². The van der Waals surface area contributed by atoms with E-state index < -0.39 is 0 Å². The van der Waals surface area contributed by atoms with E-state index in [4.69, 9.17) is 0 Å². The number of hydrogen-bond donors (Lipinski definition) is 1.